The van der Waals surface area contributed by atoms with Crippen molar-refractivity contribution >= 4 is 39.5 Å². The lowest BCUT2D eigenvalue weighted by molar-refractivity contribution is 0.0698. The van der Waals surface area contributed by atoms with Crippen LogP contribution < -0.4 is 0 Å². The minimum atomic E-state index is -0.949. The van der Waals surface area contributed by atoms with Gasteiger partial charge in [0.15, 0.2) is 0 Å². The van der Waals surface area contributed by atoms with Gasteiger partial charge in [0.2, 0.25) is 0 Å². The summed E-state index contributed by atoms with van der Waals surface area (Å²) < 4.78 is 0.896. The van der Waals surface area contributed by atoms with E-state index in [4.69, 9.17) is 5.11 Å². The molecule has 0 fully saturated rings. The van der Waals surface area contributed by atoms with Crippen molar-refractivity contribution in [1.29, 1.82) is 0 Å². The molecule has 0 unspecified atom stereocenters. The van der Waals surface area contributed by atoms with Crippen LogP contribution in [0.1, 0.15) is 10.4 Å². The van der Waals surface area contributed by atoms with Crippen molar-refractivity contribution < 1.29 is 9.90 Å². The molecule has 0 aliphatic heterocycles. The topological polar surface area (TPSA) is 66.0 Å². The van der Waals surface area contributed by atoms with Crippen LogP contribution in [-0.2, 0) is 0 Å². The Balaban J connectivity index is 2.88. The number of nitrogens with zero attached hydrogens (tertiary/aromatic N) is 1. The molecule has 0 aliphatic rings. The minimum Gasteiger partial charge on any atom is -0.478 e. The first kappa shape index (κ1) is 8.49. The molecule has 0 radical (unpaired) electrons. The highest BCUT2D eigenvalue weighted by Gasteiger charge is 2.12. The van der Waals surface area contributed by atoms with E-state index in [0.717, 1.165) is 14.5 Å². The van der Waals surface area contributed by atoms with Crippen molar-refractivity contribution in [3.05, 3.63) is 27.7 Å². The lowest BCUT2D eigenvalue weighted by Gasteiger charge is -1.96. The van der Waals surface area contributed by atoms with Crippen molar-refractivity contribution in [2.45, 2.75) is 0 Å². The summed E-state index contributed by atoms with van der Waals surface area (Å²) in [6.45, 7) is 0. The SMILES string of the molecule is O=C(O)c1cncc2[nH]cc(I)c12. The second kappa shape index (κ2) is 2.99. The maximum Gasteiger partial charge on any atom is 0.337 e. The standard InChI is InChI=1S/C8H5IN2O2/c9-5-2-11-6-3-10-1-4(7(5)6)8(12)13/h1-3,11H,(H,12,13). The number of aromatic nitrogens is 2. The van der Waals surface area contributed by atoms with Gasteiger partial charge < -0.3 is 10.1 Å². The summed E-state index contributed by atoms with van der Waals surface area (Å²) in [5.41, 5.74) is 0.993. The average molecular weight is 288 g/mol. The van der Waals surface area contributed by atoms with Gasteiger partial charge in [-0.2, -0.15) is 0 Å². The molecule has 13 heavy (non-hydrogen) atoms. The molecule has 5 heteroatoms. The number of carboxylic acid groups (broad SMARTS) is 1. The van der Waals surface area contributed by atoms with Crippen molar-refractivity contribution in [3.8, 4) is 0 Å². The fourth-order valence-corrected chi connectivity index (χ4v) is 1.94. The van der Waals surface area contributed by atoms with Gasteiger partial charge in [0.25, 0.3) is 0 Å². The number of H-pyrrole nitrogens is 1. The summed E-state index contributed by atoms with van der Waals surface area (Å²) in [6.07, 6.45) is 4.74. The van der Waals surface area contributed by atoms with E-state index in [-0.39, 0.29) is 5.56 Å². The number of carboxylic acids is 1. The molecular formula is C8H5IN2O2. The maximum atomic E-state index is 10.8. The zero-order valence-corrected chi connectivity index (χ0v) is 8.57. The first-order chi connectivity index (χ1) is 6.20. The second-order valence-electron chi connectivity index (χ2n) is 2.55. The molecule has 0 bridgehead atoms. The van der Waals surface area contributed by atoms with Gasteiger partial charge in [0, 0.05) is 21.4 Å². The molecule has 4 nitrogen and oxygen atoms in total. The fourth-order valence-electron chi connectivity index (χ4n) is 1.20. The number of fused-ring (bicyclic) bond motifs is 1. The summed E-state index contributed by atoms with van der Waals surface area (Å²) in [7, 11) is 0. The number of hydrogen-bond donors (Lipinski definition) is 2. The zero-order chi connectivity index (χ0) is 9.42. The van der Waals surface area contributed by atoms with E-state index in [1.807, 2.05) is 0 Å². The Hall–Kier alpha value is -1.11. The molecule has 2 heterocycles. The summed E-state index contributed by atoms with van der Waals surface area (Å²) >= 11 is 2.09. The Morgan fingerprint density at radius 1 is 1.54 bits per heavy atom. The number of hydrogen-bond acceptors (Lipinski definition) is 2. The number of carbonyl (C=O) groups is 1. The number of aromatic amines is 1. The van der Waals surface area contributed by atoms with Gasteiger partial charge in [0.1, 0.15) is 0 Å². The highest BCUT2D eigenvalue weighted by Crippen LogP contribution is 2.22. The van der Waals surface area contributed by atoms with Crippen LogP contribution in [0, 0.1) is 3.57 Å². The second-order valence-corrected chi connectivity index (χ2v) is 3.71. The lowest BCUT2D eigenvalue weighted by Crippen LogP contribution is -1.98. The molecule has 2 aromatic rings. The first-order valence-corrected chi connectivity index (χ1v) is 4.62. The third kappa shape index (κ3) is 1.28. The third-order valence-corrected chi connectivity index (χ3v) is 2.62. The molecule has 0 amide bonds. The number of pyridine rings is 1. The van der Waals surface area contributed by atoms with E-state index < -0.39 is 5.97 Å². The fraction of sp³-hybridized carbons (Fsp3) is 0. The Kier molecular flexibility index (Phi) is 1.95. The van der Waals surface area contributed by atoms with Gasteiger partial charge in [-0.3, -0.25) is 4.98 Å². The lowest BCUT2D eigenvalue weighted by atomic mass is 10.2. The third-order valence-electron chi connectivity index (χ3n) is 1.77. The van der Waals surface area contributed by atoms with Gasteiger partial charge in [-0.15, -0.1) is 0 Å². The van der Waals surface area contributed by atoms with E-state index >= 15 is 0 Å². The minimum absolute atomic E-state index is 0.239. The highest BCUT2D eigenvalue weighted by molar-refractivity contribution is 14.1. The Morgan fingerprint density at radius 3 is 3.00 bits per heavy atom. The van der Waals surface area contributed by atoms with Crippen molar-refractivity contribution in [2.75, 3.05) is 0 Å². The van der Waals surface area contributed by atoms with Crippen LogP contribution in [0.4, 0.5) is 0 Å². The van der Waals surface area contributed by atoms with Crippen molar-refractivity contribution in [2.24, 2.45) is 0 Å². The van der Waals surface area contributed by atoms with E-state index in [1.165, 1.54) is 6.20 Å². The van der Waals surface area contributed by atoms with E-state index in [0.29, 0.717) is 0 Å². The first-order valence-electron chi connectivity index (χ1n) is 3.54. The molecule has 0 spiro atoms. The zero-order valence-electron chi connectivity index (χ0n) is 6.41. The average Bonchev–Trinajstić information content (AvgIpc) is 2.48. The molecule has 2 N–H and O–H groups in total. The largest absolute Gasteiger partial charge is 0.478 e. The van der Waals surface area contributed by atoms with Gasteiger partial charge in [-0.25, -0.2) is 4.79 Å². The Morgan fingerprint density at radius 2 is 2.31 bits per heavy atom. The molecule has 0 saturated heterocycles. The van der Waals surface area contributed by atoms with Crippen LogP contribution in [0.5, 0.6) is 0 Å². The van der Waals surface area contributed by atoms with E-state index in [1.54, 1.807) is 12.4 Å². The monoisotopic (exact) mass is 288 g/mol. The predicted octanol–water partition coefficient (Wildman–Crippen LogP) is 1.87. The number of halogens is 1. The highest BCUT2D eigenvalue weighted by atomic mass is 127. The number of rotatable bonds is 1. The molecule has 0 aliphatic carbocycles. The maximum absolute atomic E-state index is 10.8. The summed E-state index contributed by atoms with van der Waals surface area (Å²) in [6, 6.07) is 0. The normalized spacial score (nSPS) is 10.5. The van der Waals surface area contributed by atoms with Gasteiger partial charge in [-0.1, -0.05) is 0 Å². The summed E-state index contributed by atoms with van der Waals surface area (Å²) in [4.78, 5) is 17.6. The molecule has 0 atom stereocenters. The van der Waals surface area contributed by atoms with Gasteiger partial charge in [-0.05, 0) is 22.6 Å². The molecule has 2 rings (SSSR count). The van der Waals surface area contributed by atoms with Crippen molar-refractivity contribution in [3.63, 3.8) is 0 Å². The number of aromatic carboxylic acids is 1. The summed E-state index contributed by atoms with van der Waals surface area (Å²) in [5, 5.41) is 9.59. The van der Waals surface area contributed by atoms with Gasteiger partial charge >= 0.3 is 5.97 Å². The van der Waals surface area contributed by atoms with E-state index in [9.17, 15) is 4.79 Å². The van der Waals surface area contributed by atoms with Crippen molar-refractivity contribution in [1.82, 2.24) is 9.97 Å². The Bertz CT molecular complexity index is 478. The molecular weight excluding hydrogens is 283 g/mol. The molecule has 66 valence electrons. The smallest absolute Gasteiger partial charge is 0.337 e. The van der Waals surface area contributed by atoms with Crippen LogP contribution in [0.3, 0.4) is 0 Å². The molecule has 0 aromatic carbocycles. The van der Waals surface area contributed by atoms with Crippen LogP contribution >= 0.6 is 22.6 Å². The number of nitrogens with one attached hydrogen (secondary N) is 1. The van der Waals surface area contributed by atoms with Crippen LogP contribution in [0.2, 0.25) is 0 Å². The van der Waals surface area contributed by atoms with Gasteiger partial charge in [0.05, 0.1) is 17.3 Å². The van der Waals surface area contributed by atoms with Crippen LogP contribution in [-0.4, -0.2) is 21.0 Å². The van der Waals surface area contributed by atoms with Crippen LogP contribution in [0.25, 0.3) is 10.9 Å². The van der Waals surface area contributed by atoms with E-state index in [2.05, 4.69) is 32.6 Å². The van der Waals surface area contributed by atoms with Crippen LogP contribution in [0.15, 0.2) is 18.6 Å². The Labute approximate surface area is 87.1 Å². The molecule has 2 aromatic heterocycles. The predicted molar refractivity (Wildman–Crippen MR) is 55.8 cm³/mol. The molecule has 0 saturated carbocycles. The summed E-state index contributed by atoms with van der Waals surface area (Å²) in [5.74, 6) is -0.949. The quantitative estimate of drug-likeness (QED) is 0.787.